The number of carbonyl (C=O) groups excluding carboxylic acids is 2. The normalized spacial score (nSPS) is 15.0. The highest BCUT2D eigenvalue weighted by Gasteiger charge is 2.33. The number of anilines is 3. The van der Waals surface area contributed by atoms with E-state index in [2.05, 4.69) is 26.9 Å². The molecule has 11 heteroatoms. The number of aryl methyl sites for hydroxylation is 1. The molecular formula is C38H41FN6O4. The first-order chi connectivity index (χ1) is 23.3. The fourth-order valence-electron chi connectivity index (χ4n) is 6.34. The Kier molecular flexibility index (Phi) is 8.98. The Morgan fingerprint density at radius 3 is 2.49 bits per heavy atom. The number of benzene rings is 2. The summed E-state index contributed by atoms with van der Waals surface area (Å²) in [6.45, 7) is 15.1. The molecule has 0 radical (unpaired) electrons. The van der Waals surface area contributed by atoms with E-state index in [1.54, 1.807) is 48.7 Å². The topological polar surface area (TPSA) is 110 Å². The van der Waals surface area contributed by atoms with Crippen molar-refractivity contribution in [2.75, 3.05) is 36.4 Å². The summed E-state index contributed by atoms with van der Waals surface area (Å²) in [6, 6.07) is 13.4. The van der Waals surface area contributed by atoms with Crippen LogP contribution in [-0.2, 0) is 18.9 Å². The molecule has 2 aromatic heterocycles. The third-order valence-electron chi connectivity index (χ3n) is 9.27. The Bertz CT molecular complexity index is 2000. The molecule has 10 nitrogen and oxygen atoms in total. The Morgan fingerprint density at radius 2 is 1.84 bits per heavy atom. The molecule has 0 unspecified atom stereocenters. The lowest BCUT2D eigenvalue weighted by atomic mass is 9.82. The fourth-order valence-corrected chi connectivity index (χ4v) is 6.34. The largest absolute Gasteiger partial charge is 0.485 e. The lowest BCUT2D eigenvalue weighted by Gasteiger charge is -2.38. The van der Waals surface area contributed by atoms with Gasteiger partial charge in [0.1, 0.15) is 28.7 Å². The van der Waals surface area contributed by atoms with Crippen molar-refractivity contribution in [3.63, 3.8) is 0 Å². The predicted octanol–water partition coefficient (Wildman–Crippen LogP) is 6.07. The maximum atomic E-state index is 15.5. The van der Waals surface area contributed by atoms with Gasteiger partial charge in [0, 0.05) is 36.7 Å². The molecule has 0 aliphatic carbocycles. The number of fused-ring (bicyclic) bond motifs is 1. The van der Waals surface area contributed by atoms with E-state index in [1.807, 2.05) is 33.8 Å². The van der Waals surface area contributed by atoms with Crippen molar-refractivity contribution in [3.8, 4) is 17.0 Å². The first-order valence-corrected chi connectivity index (χ1v) is 16.4. The van der Waals surface area contributed by atoms with E-state index in [0.717, 1.165) is 25.2 Å². The molecule has 4 aromatic rings. The van der Waals surface area contributed by atoms with E-state index >= 15 is 4.39 Å². The smallest absolute Gasteiger partial charge is 0.290 e. The van der Waals surface area contributed by atoms with Gasteiger partial charge in [0.15, 0.2) is 6.29 Å². The molecule has 0 saturated carbocycles. The molecule has 0 atom stereocenters. The van der Waals surface area contributed by atoms with E-state index < -0.39 is 22.7 Å². The molecule has 1 fully saturated rings. The maximum absolute atomic E-state index is 15.5. The summed E-state index contributed by atoms with van der Waals surface area (Å²) in [5.74, 6) is -0.103. The highest BCUT2D eigenvalue weighted by atomic mass is 19.1. The molecule has 2 aromatic carbocycles. The van der Waals surface area contributed by atoms with Gasteiger partial charge in [-0.2, -0.15) is 5.10 Å². The van der Waals surface area contributed by atoms with Crippen molar-refractivity contribution in [1.82, 2.24) is 19.7 Å². The van der Waals surface area contributed by atoms with Gasteiger partial charge < -0.3 is 15.0 Å². The van der Waals surface area contributed by atoms with Gasteiger partial charge in [-0.25, -0.2) is 14.1 Å². The van der Waals surface area contributed by atoms with Crippen molar-refractivity contribution in [2.45, 2.75) is 51.6 Å². The predicted molar refractivity (Wildman–Crippen MR) is 189 cm³/mol. The number of pyridine rings is 1. The Hall–Kier alpha value is -5.16. The number of aldehydes is 1. The quantitative estimate of drug-likeness (QED) is 0.152. The van der Waals surface area contributed by atoms with Gasteiger partial charge >= 0.3 is 0 Å². The molecule has 2 aliphatic heterocycles. The number of likely N-dealkylation sites (tertiary alicyclic amines) is 1. The molecule has 0 spiro atoms. The van der Waals surface area contributed by atoms with Crippen molar-refractivity contribution in [1.29, 1.82) is 0 Å². The number of allylic oxidation sites excluding steroid dienone is 1. The summed E-state index contributed by atoms with van der Waals surface area (Å²) < 4.78 is 22.9. The van der Waals surface area contributed by atoms with Gasteiger partial charge in [-0.3, -0.25) is 19.3 Å². The Labute approximate surface area is 285 Å². The van der Waals surface area contributed by atoms with Crippen LogP contribution in [0.15, 0.2) is 72.2 Å². The van der Waals surface area contributed by atoms with E-state index in [9.17, 15) is 14.4 Å². The fraction of sp³-hybridized carbons (Fsp3) is 0.342. The first kappa shape index (κ1) is 33.7. The number of aromatic nitrogens is 3. The molecular weight excluding hydrogens is 623 g/mol. The molecule has 1 amide bonds. The average molecular weight is 665 g/mol. The molecule has 6 rings (SSSR count). The van der Waals surface area contributed by atoms with Gasteiger partial charge in [0.2, 0.25) is 0 Å². The molecule has 2 aliphatic rings. The number of ether oxygens (including phenoxy) is 1. The van der Waals surface area contributed by atoms with Crippen LogP contribution in [0, 0.1) is 5.82 Å². The number of nitrogens with zero attached hydrogens (tertiary/aromatic N) is 5. The molecule has 254 valence electrons. The van der Waals surface area contributed by atoms with Crippen LogP contribution in [-0.4, -0.2) is 63.6 Å². The van der Waals surface area contributed by atoms with Crippen LogP contribution in [0.25, 0.3) is 11.3 Å². The summed E-state index contributed by atoms with van der Waals surface area (Å²) in [5.41, 5.74) is 1.55. The van der Waals surface area contributed by atoms with Crippen LogP contribution in [0.3, 0.4) is 0 Å². The summed E-state index contributed by atoms with van der Waals surface area (Å²) in [6.07, 6.45) is 5.63. The zero-order valence-electron chi connectivity index (χ0n) is 28.5. The van der Waals surface area contributed by atoms with Crippen LogP contribution >= 0.6 is 0 Å². The number of nitrogens with one attached hydrogen (secondary N) is 1. The number of amides is 1. The van der Waals surface area contributed by atoms with E-state index in [-0.39, 0.29) is 29.0 Å². The van der Waals surface area contributed by atoms with Crippen LogP contribution in [0.4, 0.5) is 21.6 Å². The van der Waals surface area contributed by atoms with Crippen molar-refractivity contribution < 1.29 is 18.7 Å². The molecule has 1 N–H and O–H groups in total. The molecule has 49 heavy (non-hydrogen) atoms. The standard InChI is InChI=1S/C38H41FN6O4/c1-7-37(2,3)25-18-24-14-17-45(36(48)34(24)29(39)19-25)32-11-8-10-27(28(32)22-46)30-20-31(35(47)43(6)42-30)41-33-13-12-26(21-40-33)49-38(4,5)23-44-15-9-16-44/h7-8,10-13,18-22H,1,9,14-17,23H2,2-6H3,(H,40,41). The van der Waals surface area contributed by atoms with Gasteiger partial charge in [0.05, 0.1) is 23.1 Å². The van der Waals surface area contributed by atoms with Gasteiger partial charge in [-0.15, -0.1) is 6.58 Å². The van der Waals surface area contributed by atoms with Crippen molar-refractivity contribution in [2.24, 2.45) is 7.05 Å². The number of hydrogen-bond acceptors (Lipinski definition) is 8. The monoisotopic (exact) mass is 664 g/mol. The molecule has 4 heterocycles. The summed E-state index contributed by atoms with van der Waals surface area (Å²) in [4.78, 5) is 47.8. The number of rotatable bonds is 11. The number of halogens is 1. The van der Waals surface area contributed by atoms with Gasteiger partial charge in [-0.05, 0) is 81.2 Å². The van der Waals surface area contributed by atoms with Crippen LogP contribution < -0.4 is 20.5 Å². The second-order valence-corrected chi connectivity index (χ2v) is 13.8. The van der Waals surface area contributed by atoms with Crippen LogP contribution in [0.5, 0.6) is 5.75 Å². The summed E-state index contributed by atoms with van der Waals surface area (Å²) >= 11 is 0. The van der Waals surface area contributed by atoms with Gasteiger partial charge in [-0.1, -0.05) is 38.1 Å². The third-order valence-corrected chi connectivity index (χ3v) is 9.27. The summed E-state index contributed by atoms with van der Waals surface area (Å²) in [5, 5.41) is 7.50. The Balaban J connectivity index is 1.27. The van der Waals surface area contributed by atoms with E-state index in [1.165, 1.54) is 29.1 Å². The molecule has 0 bridgehead atoms. The van der Waals surface area contributed by atoms with Crippen molar-refractivity contribution in [3.05, 3.63) is 106 Å². The lowest BCUT2D eigenvalue weighted by Crippen LogP contribution is -2.48. The first-order valence-electron chi connectivity index (χ1n) is 16.4. The Morgan fingerprint density at radius 1 is 1.06 bits per heavy atom. The maximum Gasteiger partial charge on any atom is 0.290 e. The van der Waals surface area contributed by atoms with Crippen molar-refractivity contribution >= 4 is 29.4 Å². The minimum absolute atomic E-state index is 0.00698. The van der Waals surface area contributed by atoms with Gasteiger partial charge in [0.25, 0.3) is 11.5 Å². The minimum atomic E-state index is -0.611. The SMILES string of the molecule is C=CC(C)(C)c1cc(F)c2c(c1)CCN(c1cccc(-c3cc(Nc4ccc(OC(C)(C)CN5CCC5)cn4)c(=O)n(C)n3)c1C=O)C2=O. The molecule has 1 saturated heterocycles. The zero-order chi connectivity index (χ0) is 35.1. The van der Waals surface area contributed by atoms with Crippen LogP contribution in [0.1, 0.15) is 66.0 Å². The zero-order valence-corrected chi connectivity index (χ0v) is 28.5. The van der Waals surface area contributed by atoms with Crippen LogP contribution in [0.2, 0.25) is 0 Å². The second kappa shape index (κ2) is 13.0. The summed E-state index contributed by atoms with van der Waals surface area (Å²) in [7, 11) is 1.52. The average Bonchev–Trinajstić information content (AvgIpc) is 3.05. The highest BCUT2D eigenvalue weighted by Crippen LogP contribution is 2.36. The number of hydrogen-bond donors (Lipinski definition) is 1. The van der Waals surface area contributed by atoms with E-state index in [0.29, 0.717) is 46.8 Å². The third kappa shape index (κ3) is 6.76. The number of carbonyl (C=O) groups is 2. The lowest BCUT2D eigenvalue weighted by molar-refractivity contribution is 0.0350. The second-order valence-electron chi connectivity index (χ2n) is 13.8. The highest BCUT2D eigenvalue weighted by molar-refractivity contribution is 6.11. The minimum Gasteiger partial charge on any atom is -0.485 e. The van der Waals surface area contributed by atoms with E-state index in [4.69, 9.17) is 4.74 Å².